The summed E-state index contributed by atoms with van der Waals surface area (Å²) in [5.74, 6) is -1.27. The van der Waals surface area contributed by atoms with Crippen molar-refractivity contribution in [1.29, 1.82) is 0 Å². The summed E-state index contributed by atoms with van der Waals surface area (Å²) in [5.41, 5.74) is 4.06. The predicted octanol–water partition coefficient (Wildman–Crippen LogP) is 6.78. The van der Waals surface area contributed by atoms with E-state index in [4.69, 9.17) is 23.8 Å². The highest BCUT2D eigenvalue weighted by Gasteiger charge is 2.45. The first-order chi connectivity index (χ1) is 18.1. The van der Waals surface area contributed by atoms with Gasteiger partial charge in [0.15, 0.2) is 0 Å². The zero-order chi connectivity index (χ0) is 26.9. The molecule has 4 aromatic rings. The van der Waals surface area contributed by atoms with Crippen LogP contribution in [0.4, 0.5) is 5.69 Å². The fourth-order valence-electron chi connectivity index (χ4n) is 5.23. The lowest BCUT2D eigenvalue weighted by atomic mass is 9.87. The second kappa shape index (κ2) is 8.73. The molecule has 0 saturated heterocycles. The van der Waals surface area contributed by atoms with Gasteiger partial charge in [0.1, 0.15) is 11.2 Å². The molecule has 0 fully saturated rings. The number of rotatable bonds is 3. The summed E-state index contributed by atoms with van der Waals surface area (Å²) >= 11 is 13.9. The number of aromatic nitrogens is 1. The average molecular weight is 560 g/mol. The van der Waals surface area contributed by atoms with Crippen molar-refractivity contribution in [3.8, 4) is 16.8 Å². The van der Waals surface area contributed by atoms with Crippen molar-refractivity contribution in [2.24, 2.45) is 0 Å². The summed E-state index contributed by atoms with van der Waals surface area (Å²) < 4.78 is 2.60. The van der Waals surface area contributed by atoms with Crippen LogP contribution in [0.2, 0.25) is 5.02 Å². The molecule has 2 aliphatic rings. The lowest BCUT2D eigenvalue weighted by Crippen LogP contribution is -2.52. The van der Waals surface area contributed by atoms with Gasteiger partial charge in [0.25, 0.3) is 11.8 Å². The second-order valence-electron chi connectivity index (χ2n) is 9.88. The third-order valence-electron chi connectivity index (χ3n) is 7.15. The van der Waals surface area contributed by atoms with Gasteiger partial charge in [-0.3, -0.25) is 28.1 Å². The topological polar surface area (TPSA) is 62.6 Å². The third kappa shape index (κ3) is 3.51. The van der Waals surface area contributed by atoms with Gasteiger partial charge in [0.05, 0.1) is 32.9 Å². The highest BCUT2D eigenvalue weighted by atomic mass is 35.5. The molecule has 3 amide bonds. The molecule has 2 aliphatic heterocycles. The maximum atomic E-state index is 14.0. The molecule has 9 heteroatoms. The molecular formula is C29H22ClN3O3S2. The van der Waals surface area contributed by atoms with Gasteiger partial charge in [-0.05, 0) is 56.7 Å². The molecule has 3 aromatic carbocycles. The summed E-state index contributed by atoms with van der Waals surface area (Å²) in [7, 11) is 0. The van der Waals surface area contributed by atoms with Crippen molar-refractivity contribution in [3.05, 3.63) is 98.0 Å². The highest BCUT2D eigenvalue weighted by molar-refractivity contribution is 7.71. The number of anilines is 1. The maximum Gasteiger partial charge on any atom is 0.262 e. The van der Waals surface area contributed by atoms with Crippen LogP contribution in [0, 0.1) is 11.6 Å². The van der Waals surface area contributed by atoms with E-state index in [-0.39, 0.29) is 12.5 Å². The van der Waals surface area contributed by atoms with Crippen LogP contribution in [0.5, 0.6) is 0 Å². The lowest BCUT2D eigenvalue weighted by Gasteiger charge is -2.43. The Kier molecular flexibility index (Phi) is 5.68. The third-order valence-corrected chi connectivity index (χ3v) is 9.52. The number of carbonyl (C=O) groups is 3. The molecule has 0 radical (unpaired) electrons. The minimum atomic E-state index is -0.808. The van der Waals surface area contributed by atoms with Crippen molar-refractivity contribution < 1.29 is 14.4 Å². The molecule has 0 saturated carbocycles. The maximum absolute atomic E-state index is 14.0. The largest absolute Gasteiger partial charge is 0.300 e. The fraction of sp³-hybridized carbons (Fsp3) is 0.172. The van der Waals surface area contributed by atoms with Crippen molar-refractivity contribution >= 4 is 58.8 Å². The van der Waals surface area contributed by atoms with Crippen LogP contribution in [0.25, 0.3) is 16.8 Å². The van der Waals surface area contributed by atoms with Gasteiger partial charge in [-0.1, -0.05) is 71.7 Å². The van der Waals surface area contributed by atoms with Crippen LogP contribution in [0.3, 0.4) is 0 Å². The van der Waals surface area contributed by atoms with Crippen molar-refractivity contribution in [1.82, 2.24) is 8.86 Å². The lowest BCUT2D eigenvalue weighted by molar-refractivity contribution is -0.120. The standard InChI is InChI=1S/C29H22ClN3O3S2/c1-16-12-13-17(14-21(16)30)33-28(37)24-20-10-6-7-11-22(20)32(29(2,3)25(24)38-33)23(34)15-31-26(35)18-8-4-5-9-19(18)27(31)36/h4-14H,15H2,1-3H3. The number of benzene rings is 3. The number of imide groups is 1. The normalized spacial score (nSPS) is 15.4. The number of para-hydroxylation sites is 1. The monoisotopic (exact) mass is 559 g/mol. The van der Waals surface area contributed by atoms with E-state index in [1.165, 1.54) is 11.5 Å². The summed E-state index contributed by atoms with van der Waals surface area (Å²) in [6, 6.07) is 20.1. The smallest absolute Gasteiger partial charge is 0.262 e. The van der Waals surface area contributed by atoms with Crippen molar-refractivity contribution in [3.63, 3.8) is 0 Å². The number of nitrogens with zero attached hydrogens (tertiary/aromatic N) is 3. The Hall–Kier alpha value is -3.59. The van der Waals surface area contributed by atoms with Crippen LogP contribution in [0.15, 0.2) is 66.7 Å². The van der Waals surface area contributed by atoms with Crippen LogP contribution in [0.1, 0.15) is 45.0 Å². The number of fused-ring (bicyclic) bond motifs is 4. The molecule has 6 rings (SSSR count). The van der Waals surface area contributed by atoms with Crippen molar-refractivity contribution in [2.75, 3.05) is 11.4 Å². The van der Waals surface area contributed by atoms with Gasteiger partial charge in [0, 0.05) is 16.1 Å². The first kappa shape index (κ1) is 24.7. The first-order valence-electron chi connectivity index (χ1n) is 12.0. The van der Waals surface area contributed by atoms with Gasteiger partial charge in [-0.15, -0.1) is 0 Å². The number of carbonyl (C=O) groups excluding carboxylic acids is 3. The van der Waals surface area contributed by atoms with Gasteiger partial charge >= 0.3 is 0 Å². The fourth-order valence-corrected chi connectivity index (χ4v) is 7.08. The molecule has 1 aromatic heterocycles. The number of hydrogen-bond acceptors (Lipinski definition) is 5. The zero-order valence-corrected chi connectivity index (χ0v) is 23.2. The molecule has 0 bridgehead atoms. The van der Waals surface area contributed by atoms with E-state index in [0.717, 1.165) is 32.2 Å². The van der Waals surface area contributed by atoms with E-state index < -0.39 is 17.4 Å². The SMILES string of the molecule is Cc1ccc(-n2sc3c(c2=S)-c2ccccc2N(C(=O)CN2C(=O)c4ccccc4C2=O)C3(C)C)cc1Cl. The van der Waals surface area contributed by atoms with Crippen LogP contribution < -0.4 is 4.90 Å². The molecular weight excluding hydrogens is 538 g/mol. The van der Waals surface area contributed by atoms with Gasteiger partial charge in [-0.2, -0.15) is 0 Å². The Morgan fingerprint density at radius 2 is 1.55 bits per heavy atom. The van der Waals surface area contributed by atoms with E-state index in [9.17, 15) is 14.4 Å². The number of amides is 3. The first-order valence-corrected chi connectivity index (χ1v) is 13.6. The molecule has 0 aliphatic carbocycles. The zero-order valence-electron chi connectivity index (χ0n) is 20.8. The second-order valence-corrected chi connectivity index (χ2v) is 11.6. The highest BCUT2D eigenvalue weighted by Crippen LogP contribution is 2.51. The Morgan fingerprint density at radius 3 is 2.18 bits per heavy atom. The molecule has 190 valence electrons. The quantitative estimate of drug-likeness (QED) is 0.205. The molecule has 0 atom stereocenters. The average Bonchev–Trinajstić information content (AvgIpc) is 3.37. The number of aryl methyl sites for hydroxylation is 1. The minimum absolute atomic E-state index is 0.317. The van der Waals surface area contributed by atoms with Crippen LogP contribution in [-0.4, -0.2) is 33.1 Å². The van der Waals surface area contributed by atoms with E-state index in [1.807, 2.05) is 67.2 Å². The predicted molar refractivity (Wildman–Crippen MR) is 152 cm³/mol. The Morgan fingerprint density at radius 1 is 0.947 bits per heavy atom. The van der Waals surface area contributed by atoms with E-state index in [0.29, 0.717) is 26.5 Å². The minimum Gasteiger partial charge on any atom is -0.300 e. The molecule has 38 heavy (non-hydrogen) atoms. The van der Waals surface area contributed by atoms with Gasteiger partial charge < -0.3 is 0 Å². The number of halogens is 1. The molecule has 0 spiro atoms. The molecule has 6 nitrogen and oxygen atoms in total. The summed E-state index contributed by atoms with van der Waals surface area (Å²) in [6.07, 6.45) is 0. The Labute approximate surface area is 233 Å². The molecule has 0 unspecified atom stereocenters. The Balaban J connectivity index is 1.45. The number of hydrogen-bond donors (Lipinski definition) is 0. The van der Waals surface area contributed by atoms with E-state index in [1.54, 1.807) is 29.2 Å². The summed E-state index contributed by atoms with van der Waals surface area (Å²) in [6.45, 7) is 5.50. The Bertz CT molecular complexity index is 1720. The molecule has 3 heterocycles. The van der Waals surface area contributed by atoms with Crippen LogP contribution in [-0.2, 0) is 10.3 Å². The van der Waals surface area contributed by atoms with Crippen molar-refractivity contribution in [2.45, 2.75) is 26.3 Å². The summed E-state index contributed by atoms with van der Waals surface area (Å²) in [5, 5.41) is 0.646. The van der Waals surface area contributed by atoms with Gasteiger partial charge in [-0.25, -0.2) is 0 Å². The van der Waals surface area contributed by atoms with Gasteiger partial charge in [0.2, 0.25) is 5.91 Å². The van der Waals surface area contributed by atoms with E-state index >= 15 is 0 Å². The van der Waals surface area contributed by atoms with Crippen LogP contribution >= 0.6 is 35.4 Å². The van der Waals surface area contributed by atoms with E-state index in [2.05, 4.69) is 0 Å². The molecule has 0 N–H and O–H groups in total. The summed E-state index contributed by atoms with van der Waals surface area (Å²) in [4.78, 5) is 43.6.